The molecule has 0 heterocycles. The van der Waals surface area contributed by atoms with Gasteiger partial charge in [-0.2, -0.15) is 0 Å². The number of aliphatic hydroxyl groups excluding tert-OH is 1. The maximum atomic E-state index is 11.4. The monoisotopic (exact) mass is 200 g/mol. The Bertz CT molecular complexity index is 215. The van der Waals surface area contributed by atoms with Crippen LogP contribution >= 0.6 is 0 Å². The number of hydrogen-bond donors (Lipinski definition) is 2. The SMILES string of the molecule is CC(C)(CO)C1(C(=O)O)CCCCC1. The van der Waals surface area contributed by atoms with E-state index < -0.39 is 16.8 Å². The highest BCUT2D eigenvalue weighted by Crippen LogP contribution is 2.49. The van der Waals surface area contributed by atoms with Gasteiger partial charge in [-0.1, -0.05) is 33.1 Å². The van der Waals surface area contributed by atoms with Crippen LogP contribution in [0, 0.1) is 10.8 Å². The molecule has 0 aromatic carbocycles. The van der Waals surface area contributed by atoms with Crippen molar-refractivity contribution in [1.29, 1.82) is 0 Å². The molecule has 1 aliphatic carbocycles. The standard InChI is InChI=1S/C11H20O3/c1-10(2,8-12)11(9(13)14)6-4-3-5-7-11/h12H,3-8H2,1-2H3,(H,13,14). The maximum absolute atomic E-state index is 11.4. The first-order valence-electron chi connectivity index (χ1n) is 5.30. The molecule has 1 fully saturated rings. The number of aliphatic hydroxyl groups is 1. The lowest BCUT2D eigenvalue weighted by Gasteiger charge is -2.45. The molecular formula is C11H20O3. The van der Waals surface area contributed by atoms with Gasteiger partial charge in [0.1, 0.15) is 0 Å². The predicted molar refractivity (Wildman–Crippen MR) is 54.0 cm³/mol. The van der Waals surface area contributed by atoms with Crippen LogP contribution in [0.2, 0.25) is 0 Å². The first-order valence-corrected chi connectivity index (χ1v) is 5.30. The zero-order valence-corrected chi connectivity index (χ0v) is 9.05. The highest BCUT2D eigenvalue weighted by molar-refractivity contribution is 5.75. The van der Waals surface area contributed by atoms with Gasteiger partial charge < -0.3 is 10.2 Å². The third-order valence-electron chi connectivity index (χ3n) is 3.81. The predicted octanol–water partition coefficient (Wildman–Crippen LogP) is 2.04. The second kappa shape index (κ2) is 3.89. The highest BCUT2D eigenvalue weighted by atomic mass is 16.4. The van der Waals surface area contributed by atoms with Gasteiger partial charge in [-0.3, -0.25) is 4.79 Å². The van der Waals surface area contributed by atoms with E-state index in [1.807, 2.05) is 13.8 Å². The van der Waals surface area contributed by atoms with E-state index in [0.29, 0.717) is 12.8 Å². The Kier molecular flexibility index (Phi) is 3.20. The average Bonchev–Trinajstić information content (AvgIpc) is 2.18. The van der Waals surface area contributed by atoms with Crippen LogP contribution in [-0.4, -0.2) is 22.8 Å². The average molecular weight is 200 g/mol. The Morgan fingerprint density at radius 2 is 1.79 bits per heavy atom. The van der Waals surface area contributed by atoms with Gasteiger partial charge in [0.15, 0.2) is 0 Å². The van der Waals surface area contributed by atoms with Crippen molar-refractivity contribution in [3.8, 4) is 0 Å². The van der Waals surface area contributed by atoms with E-state index in [0.717, 1.165) is 19.3 Å². The molecule has 3 heteroatoms. The van der Waals surface area contributed by atoms with Gasteiger partial charge in [-0.15, -0.1) is 0 Å². The van der Waals surface area contributed by atoms with E-state index in [4.69, 9.17) is 0 Å². The molecule has 0 aromatic heterocycles. The largest absolute Gasteiger partial charge is 0.481 e. The summed E-state index contributed by atoms with van der Waals surface area (Å²) < 4.78 is 0. The molecular weight excluding hydrogens is 180 g/mol. The summed E-state index contributed by atoms with van der Waals surface area (Å²) in [7, 11) is 0. The number of carboxylic acid groups (broad SMARTS) is 1. The van der Waals surface area contributed by atoms with Crippen LogP contribution in [0.25, 0.3) is 0 Å². The Labute approximate surface area is 85.1 Å². The van der Waals surface area contributed by atoms with Gasteiger partial charge in [0, 0.05) is 12.0 Å². The second-order valence-corrected chi connectivity index (χ2v) is 4.99. The molecule has 2 N–H and O–H groups in total. The molecule has 1 rings (SSSR count). The lowest BCUT2D eigenvalue weighted by molar-refractivity contribution is -0.163. The van der Waals surface area contributed by atoms with E-state index in [-0.39, 0.29) is 6.61 Å². The topological polar surface area (TPSA) is 57.5 Å². The van der Waals surface area contributed by atoms with Crippen molar-refractivity contribution >= 4 is 5.97 Å². The van der Waals surface area contributed by atoms with Crippen molar-refractivity contribution in [2.24, 2.45) is 10.8 Å². The first kappa shape index (κ1) is 11.5. The number of aliphatic carboxylic acids is 1. The lowest BCUT2D eigenvalue weighted by Crippen LogP contribution is -2.47. The van der Waals surface area contributed by atoms with Crippen molar-refractivity contribution in [3.63, 3.8) is 0 Å². The van der Waals surface area contributed by atoms with E-state index in [1.54, 1.807) is 0 Å². The smallest absolute Gasteiger partial charge is 0.310 e. The van der Waals surface area contributed by atoms with Crippen molar-refractivity contribution < 1.29 is 15.0 Å². The quantitative estimate of drug-likeness (QED) is 0.733. The molecule has 0 aromatic rings. The summed E-state index contributed by atoms with van der Waals surface area (Å²) in [6, 6.07) is 0. The van der Waals surface area contributed by atoms with E-state index in [2.05, 4.69) is 0 Å². The Hall–Kier alpha value is -0.570. The summed E-state index contributed by atoms with van der Waals surface area (Å²) in [5, 5.41) is 18.6. The van der Waals surface area contributed by atoms with Crippen LogP contribution in [0.5, 0.6) is 0 Å². The summed E-state index contributed by atoms with van der Waals surface area (Å²) in [5.74, 6) is -0.740. The Morgan fingerprint density at radius 3 is 2.14 bits per heavy atom. The molecule has 1 aliphatic rings. The van der Waals surface area contributed by atoms with Crippen LogP contribution in [0.3, 0.4) is 0 Å². The zero-order valence-electron chi connectivity index (χ0n) is 9.05. The molecule has 0 amide bonds. The number of rotatable bonds is 3. The molecule has 0 radical (unpaired) electrons. The molecule has 3 nitrogen and oxygen atoms in total. The molecule has 82 valence electrons. The van der Waals surface area contributed by atoms with Crippen LogP contribution in [0.1, 0.15) is 46.0 Å². The molecule has 0 unspecified atom stereocenters. The highest BCUT2D eigenvalue weighted by Gasteiger charge is 2.51. The van der Waals surface area contributed by atoms with E-state index >= 15 is 0 Å². The van der Waals surface area contributed by atoms with Crippen LogP contribution in [0.4, 0.5) is 0 Å². The van der Waals surface area contributed by atoms with Gasteiger partial charge in [0.05, 0.1) is 5.41 Å². The third-order valence-corrected chi connectivity index (χ3v) is 3.81. The minimum atomic E-state index is -0.740. The summed E-state index contributed by atoms with van der Waals surface area (Å²) in [5.41, 5.74) is -1.22. The van der Waals surface area contributed by atoms with Crippen molar-refractivity contribution in [3.05, 3.63) is 0 Å². The third kappa shape index (κ3) is 1.65. The van der Waals surface area contributed by atoms with E-state index in [1.165, 1.54) is 0 Å². The Balaban J connectivity index is 2.97. The summed E-state index contributed by atoms with van der Waals surface area (Å²) in [6.07, 6.45) is 4.47. The number of hydrogen-bond acceptors (Lipinski definition) is 2. The van der Waals surface area contributed by atoms with Gasteiger partial charge in [-0.25, -0.2) is 0 Å². The van der Waals surface area contributed by atoms with Gasteiger partial charge in [0.2, 0.25) is 0 Å². The fraction of sp³-hybridized carbons (Fsp3) is 0.909. The first-order chi connectivity index (χ1) is 6.46. The van der Waals surface area contributed by atoms with Crippen LogP contribution in [-0.2, 0) is 4.79 Å². The van der Waals surface area contributed by atoms with Crippen molar-refractivity contribution in [2.75, 3.05) is 6.61 Å². The normalized spacial score (nSPS) is 21.9. The molecule has 0 saturated heterocycles. The minimum Gasteiger partial charge on any atom is -0.481 e. The number of carboxylic acids is 1. The molecule has 0 atom stereocenters. The summed E-state index contributed by atoms with van der Waals surface area (Å²) in [6.45, 7) is 3.65. The fourth-order valence-corrected chi connectivity index (χ4v) is 2.49. The van der Waals surface area contributed by atoms with Crippen molar-refractivity contribution in [2.45, 2.75) is 46.0 Å². The zero-order chi connectivity index (χ0) is 10.8. The maximum Gasteiger partial charge on any atom is 0.310 e. The van der Waals surface area contributed by atoms with Crippen LogP contribution in [0.15, 0.2) is 0 Å². The van der Waals surface area contributed by atoms with Gasteiger partial charge >= 0.3 is 5.97 Å². The summed E-state index contributed by atoms with van der Waals surface area (Å²) in [4.78, 5) is 11.4. The van der Waals surface area contributed by atoms with Crippen LogP contribution < -0.4 is 0 Å². The number of carbonyl (C=O) groups is 1. The molecule has 1 saturated carbocycles. The molecule has 0 aliphatic heterocycles. The lowest BCUT2D eigenvalue weighted by atomic mass is 9.59. The van der Waals surface area contributed by atoms with E-state index in [9.17, 15) is 15.0 Å². The Morgan fingerprint density at radius 1 is 1.29 bits per heavy atom. The van der Waals surface area contributed by atoms with Crippen molar-refractivity contribution in [1.82, 2.24) is 0 Å². The molecule has 14 heavy (non-hydrogen) atoms. The van der Waals surface area contributed by atoms with Gasteiger partial charge in [-0.05, 0) is 12.8 Å². The fourth-order valence-electron chi connectivity index (χ4n) is 2.49. The summed E-state index contributed by atoms with van der Waals surface area (Å²) >= 11 is 0. The van der Waals surface area contributed by atoms with Gasteiger partial charge in [0.25, 0.3) is 0 Å². The second-order valence-electron chi connectivity index (χ2n) is 4.99. The minimum absolute atomic E-state index is 0.0563. The molecule has 0 spiro atoms. The molecule has 0 bridgehead atoms.